The van der Waals surface area contributed by atoms with Gasteiger partial charge in [0.25, 0.3) is 0 Å². The second-order valence-electron chi connectivity index (χ2n) is 6.15. The summed E-state index contributed by atoms with van der Waals surface area (Å²) in [6, 6.07) is 8.40. The Hall–Kier alpha value is -2.57. The van der Waals surface area contributed by atoms with Crippen LogP contribution in [0.5, 0.6) is 0 Å². The third-order valence-corrected chi connectivity index (χ3v) is 4.92. The van der Waals surface area contributed by atoms with Crippen LogP contribution in [0.15, 0.2) is 54.4 Å². The van der Waals surface area contributed by atoms with Crippen molar-refractivity contribution in [3.8, 4) is 11.4 Å². The van der Waals surface area contributed by atoms with Gasteiger partial charge in [0.1, 0.15) is 0 Å². The molecule has 5 nitrogen and oxygen atoms in total. The molecule has 126 valence electrons. The number of nitrogens with zero attached hydrogens (tertiary/aromatic N) is 4. The van der Waals surface area contributed by atoms with E-state index in [1.54, 1.807) is 11.3 Å². The molecule has 25 heavy (non-hydrogen) atoms. The maximum atomic E-state index is 4.63. The number of hydrogen-bond acceptors (Lipinski definition) is 5. The quantitative estimate of drug-likeness (QED) is 0.591. The molecule has 6 heteroatoms. The Kier molecular flexibility index (Phi) is 4.29. The van der Waals surface area contributed by atoms with Crippen molar-refractivity contribution in [3.63, 3.8) is 0 Å². The molecule has 1 N–H and O–H groups in total. The zero-order chi connectivity index (χ0) is 17.2. The highest BCUT2D eigenvalue weighted by atomic mass is 32.1. The normalized spacial score (nSPS) is 12.6. The number of rotatable bonds is 5. The molecule has 4 rings (SSSR count). The first-order chi connectivity index (χ1) is 12.2. The summed E-state index contributed by atoms with van der Waals surface area (Å²) in [6.07, 6.45) is 7.87. The van der Waals surface area contributed by atoms with Crippen LogP contribution in [0.2, 0.25) is 0 Å². The average molecular weight is 349 g/mol. The smallest absolute Gasteiger partial charge is 0.193 e. The maximum Gasteiger partial charge on any atom is 0.193 e. The third kappa shape index (κ3) is 3.45. The minimum absolute atomic E-state index is 0.170. The van der Waals surface area contributed by atoms with Crippen molar-refractivity contribution in [1.29, 1.82) is 0 Å². The molecule has 0 aliphatic heterocycles. The van der Waals surface area contributed by atoms with Crippen molar-refractivity contribution in [2.45, 2.75) is 26.4 Å². The lowest BCUT2D eigenvalue weighted by Crippen LogP contribution is -2.18. The summed E-state index contributed by atoms with van der Waals surface area (Å²) in [5, 5.41) is 5.52. The van der Waals surface area contributed by atoms with Gasteiger partial charge < -0.3 is 5.32 Å². The molecule has 3 aromatic heterocycles. The van der Waals surface area contributed by atoms with Crippen LogP contribution in [-0.2, 0) is 6.54 Å². The Balaban J connectivity index is 1.41. The zero-order valence-electron chi connectivity index (χ0n) is 14.2. The first kappa shape index (κ1) is 15.9. The minimum Gasteiger partial charge on any atom is -0.305 e. The Morgan fingerprint density at radius 2 is 2.08 bits per heavy atom. The van der Waals surface area contributed by atoms with E-state index in [9.17, 15) is 0 Å². The Morgan fingerprint density at radius 3 is 2.84 bits per heavy atom. The van der Waals surface area contributed by atoms with Crippen LogP contribution in [0.3, 0.4) is 0 Å². The number of nitrogens with one attached hydrogen (secondary N) is 1. The molecule has 1 aromatic carbocycles. The summed E-state index contributed by atoms with van der Waals surface area (Å²) in [5.74, 6) is 0.759. The van der Waals surface area contributed by atoms with Gasteiger partial charge in [0, 0.05) is 53.9 Å². The lowest BCUT2D eigenvalue weighted by Gasteiger charge is -2.11. The van der Waals surface area contributed by atoms with Crippen molar-refractivity contribution in [3.05, 3.63) is 71.3 Å². The highest BCUT2D eigenvalue weighted by molar-refractivity contribution is 7.15. The first-order valence-electron chi connectivity index (χ1n) is 8.22. The van der Waals surface area contributed by atoms with Crippen LogP contribution >= 0.6 is 11.3 Å². The van der Waals surface area contributed by atoms with E-state index in [1.807, 2.05) is 36.1 Å². The molecular formula is C19H19N5S. The van der Waals surface area contributed by atoms with Crippen LogP contribution in [-0.4, -0.2) is 19.4 Å². The van der Waals surface area contributed by atoms with E-state index >= 15 is 0 Å². The van der Waals surface area contributed by atoms with Crippen LogP contribution in [0.4, 0.5) is 0 Å². The van der Waals surface area contributed by atoms with Crippen molar-refractivity contribution in [2.24, 2.45) is 0 Å². The fourth-order valence-corrected chi connectivity index (χ4v) is 3.42. The van der Waals surface area contributed by atoms with Gasteiger partial charge in [0.15, 0.2) is 10.8 Å². The molecule has 0 aliphatic carbocycles. The van der Waals surface area contributed by atoms with E-state index in [-0.39, 0.29) is 6.04 Å². The van der Waals surface area contributed by atoms with Crippen molar-refractivity contribution in [1.82, 2.24) is 24.7 Å². The molecule has 0 amide bonds. The Morgan fingerprint density at radius 1 is 1.24 bits per heavy atom. The van der Waals surface area contributed by atoms with Gasteiger partial charge in [0.2, 0.25) is 0 Å². The van der Waals surface area contributed by atoms with Gasteiger partial charge in [-0.25, -0.2) is 15.0 Å². The molecule has 0 bridgehead atoms. The number of hydrogen-bond donors (Lipinski definition) is 1. The van der Waals surface area contributed by atoms with Crippen LogP contribution in [0, 0.1) is 6.92 Å². The highest BCUT2D eigenvalue weighted by Crippen LogP contribution is 2.18. The van der Waals surface area contributed by atoms with E-state index in [0.29, 0.717) is 6.54 Å². The molecule has 0 unspecified atom stereocenters. The molecule has 0 aliphatic rings. The molecule has 0 saturated heterocycles. The largest absolute Gasteiger partial charge is 0.305 e. The topological polar surface area (TPSA) is 55.1 Å². The van der Waals surface area contributed by atoms with Crippen molar-refractivity contribution >= 4 is 16.3 Å². The summed E-state index contributed by atoms with van der Waals surface area (Å²) in [6.45, 7) is 4.90. The van der Waals surface area contributed by atoms with Gasteiger partial charge >= 0.3 is 0 Å². The molecule has 3 heterocycles. The summed E-state index contributed by atoms with van der Waals surface area (Å²) < 4.78 is 2.05. The second-order valence-corrected chi connectivity index (χ2v) is 7.02. The summed E-state index contributed by atoms with van der Waals surface area (Å²) in [4.78, 5) is 14.7. The number of aryl methyl sites for hydroxylation is 1. The summed E-state index contributed by atoms with van der Waals surface area (Å²) >= 11 is 1.64. The van der Waals surface area contributed by atoms with Crippen LogP contribution in [0.25, 0.3) is 16.3 Å². The fraction of sp³-hybridized carbons (Fsp3) is 0.211. The van der Waals surface area contributed by atoms with Gasteiger partial charge in [-0.2, -0.15) is 0 Å². The lowest BCUT2D eigenvalue weighted by molar-refractivity contribution is 0.562. The average Bonchev–Trinajstić information content (AvgIpc) is 3.22. The van der Waals surface area contributed by atoms with Crippen LogP contribution < -0.4 is 5.32 Å². The monoisotopic (exact) mass is 349 g/mol. The lowest BCUT2D eigenvalue weighted by atomic mass is 10.1. The zero-order valence-corrected chi connectivity index (χ0v) is 15.0. The summed E-state index contributed by atoms with van der Waals surface area (Å²) in [5.41, 5.74) is 4.36. The second kappa shape index (κ2) is 6.74. The molecule has 0 spiro atoms. The maximum absolute atomic E-state index is 4.63. The molecule has 0 radical (unpaired) electrons. The van der Waals surface area contributed by atoms with Crippen LogP contribution in [0.1, 0.15) is 29.8 Å². The first-order valence-corrected chi connectivity index (χ1v) is 9.10. The van der Waals surface area contributed by atoms with Crippen molar-refractivity contribution < 1.29 is 0 Å². The Labute approximate surface area is 150 Å². The van der Waals surface area contributed by atoms with E-state index in [1.165, 1.54) is 5.56 Å². The molecule has 4 aromatic rings. The van der Waals surface area contributed by atoms with Gasteiger partial charge in [-0.1, -0.05) is 23.8 Å². The van der Waals surface area contributed by atoms with E-state index in [4.69, 9.17) is 0 Å². The minimum atomic E-state index is 0.170. The van der Waals surface area contributed by atoms with E-state index in [0.717, 1.165) is 27.6 Å². The molecule has 0 fully saturated rings. The van der Waals surface area contributed by atoms with Gasteiger partial charge in [-0.3, -0.25) is 4.40 Å². The number of benzene rings is 1. The standard InChI is InChI=1S/C19H19N5S/c1-13-4-3-5-16(8-13)18-21-10-15(11-22-18)9-20-14(2)17-12-24-6-7-25-19(24)23-17/h3-8,10-12,14,20H,9H2,1-2H3/t14-/m0/s1. The van der Waals surface area contributed by atoms with E-state index < -0.39 is 0 Å². The number of thiazole rings is 1. The number of imidazole rings is 1. The Bertz CT molecular complexity index is 958. The molecule has 0 saturated carbocycles. The molecule has 1 atom stereocenters. The SMILES string of the molecule is Cc1cccc(-c2ncc(CN[C@@H](C)c3cn4ccsc4n3)cn2)c1. The van der Waals surface area contributed by atoms with Gasteiger partial charge in [-0.05, 0) is 19.9 Å². The van der Waals surface area contributed by atoms with Crippen molar-refractivity contribution in [2.75, 3.05) is 0 Å². The number of fused-ring (bicyclic) bond motifs is 1. The van der Waals surface area contributed by atoms with E-state index in [2.05, 4.69) is 56.8 Å². The molecular weight excluding hydrogens is 330 g/mol. The highest BCUT2D eigenvalue weighted by Gasteiger charge is 2.10. The third-order valence-electron chi connectivity index (χ3n) is 4.15. The fourth-order valence-electron chi connectivity index (χ4n) is 2.71. The van der Waals surface area contributed by atoms with Gasteiger partial charge in [0.05, 0.1) is 5.69 Å². The number of aromatic nitrogens is 4. The predicted molar refractivity (Wildman–Crippen MR) is 101 cm³/mol. The van der Waals surface area contributed by atoms with Gasteiger partial charge in [-0.15, -0.1) is 11.3 Å². The predicted octanol–water partition coefficient (Wildman–Crippen LogP) is 4.01. The summed E-state index contributed by atoms with van der Waals surface area (Å²) in [7, 11) is 0.